The summed E-state index contributed by atoms with van der Waals surface area (Å²) in [5, 5.41) is 4.03. The number of nitrogens with one attached hydrogen (secondary N) is 1. The standard InChI is InChI=1S/C10H9F2N3S2/c11-6-3-5-8(14-15-10(13)16)1-2-17-9(5)4-7(6)12/h3-4H,1-2H2,(H3,13,15,16)/b14-8+. The molecule has 1 heterocycles. The molecule has 0 aromatic heterocycles. The number of nitrogens with two attached hydrogens (primary N) is 1. The highest BCUT2D eigenvalue weighted by atomic mass is 32.2. The largest absolute Gasteiger partial charge is 0.375 e. The van der Waals surface area contributed by atoms with E-state index >= 15 is 0 Å². The van der Waals surface area contributed by atoms with Gasteiger partial charge in [0.1, 0.15) is 0 Å². The molecule has 1 aliphatic heterocycles. The minimum Gasteiger partial charge on any atom is -0.375 e. The maximum absolute atomic E-state index is 13.2. The van der Waals surface area contributed by atoms with E-state index in [1.165, 1.54) is 17.8 Å². The van der Waals surface area contributed by atoms with Crippen molar-refractivity contribution in [3.63, 3.8) is 0 Å². The van der Waals surface area contributed by atoms with Crippen LogP contribution in [0.2, 0.25) is 0 Å². The van der Waals surface area contributed by atoms with Crippen LogP contribution in [0.1, 0.15) is 12.0 Å². The zero-order valence-corrected chi connectivity index (χ0v) is 10.3. The summed E-state index contributed by atoms with van der Waals surface area (Å²) in [6.45, 7) is 0. The van der Waals surface area contributed by atoms with Crippen molar-refractivity contribution in [3.8, 4) is 0 Å². The molecular formula is C10H9F2N3S2. The van der Waals surface area contributed by atoms with Crippen LogP contribution in [0.4, 0.5) is 8.78 Å². The second-order valence-corrected chi connectivity index (χ2v) is 4.97. The number of hydrogen-bond acceptors (Lipinski definition) is 3. The van der Waals surface area contributed by atoms with E-state index in [1.54, 1.807) is 0 Å². The minimum absolute atomic E-state index is 0.0415. The molecule has 1 aliphatic rings. The molecule has 0 radical (unpaired) electrons. The lowest BCUT2D eigenvalue weighted by atomic mass is 10.1. The summed E-state index contributed by atoms with van der Waals surface area (Å²) in [5.41, 5.74) is 8.94. The highest BCUT2D eigenvalue weighted by Crippen LogP contribution is 2.31. The Morgan fingerprint density at radius 1 is 1.41 bits per heavy atom. The SMILES string of the molecule is NC(=S)N/N=C1\CCSc2cc(F)c(F)cc21. The van der Waals surface area contributed by atoms with Gasteiger partial charge in [-0.25, -0.2) is 8.78 Å². The van der Waals surface area contributed by atoms with E-state index < -0.39 is 11.6 Å². The zero-order valence-electron chi connectivity index (χ0n) is 8.67. The lowest BCUT2D eigenvalue weighted by Crippen LogP contribution is -2.26. The Bertz CT molecular complexity index is 503. The van der Waals surface area contributed by atoms with Crippen molar-refractivity contribution in [2.45, 2.75) is 11.3 Å². The number of nitrogens with zero attached hydrogens (tertiary/aromatic N) is 1. The summed E-state index contributed by atoms with van der Waals surface area (Å²) in [5.74, 6) is -0.968. The van der Waals surface area contributed by atoms with Gasteiger partial charge in [0, 0.05) is 22.6 Å². The van der Waals surface area contributed by atoms with Gasteiger partial charge in [0.05, 0.1) is 5.71 Å². The first kappa shape index (κ1) is 12.3. The fourth-order valence-electron chi connectivity index (χ4n) is 1.50. The maximum atomic E-state index is 13.2. The van der Waals surface area contributed by atoms with Crippen LogP contribution in [-0.4, -0.2) is 16.6 Å². The van der Waals surface area contributed by atoms with Crippen molar-refractivity contribution in [2.75, 3.05) is 5.75 Å². The average molecular weight is 273 g/mol. The molecule has 0 saturated heterocycles. The fourth-order valence-corrected chi connectivity index (χ4v) is 2.58. The minimum atomic E-state index is -0.880. The van der Waals surface area contributed by atoms with Gasteiger partial charge in [0.25, 0.3) is 0 Å². The van der Waals surface area contributed by atoms with Gasteiger partial charge in [-0.1, -0.05) is 0 Å². The smallest absolute Gasteiger partial charge is 0.184 e. The quantitative estimate of drug-likeness (QED) is 0.607. The van der Waals surface area contributed by atoms with Gasteiger partial charge >= 0.3 is 0 Å². The first-order valence-electron chi connectivity index (χ1n) is 4.82. The van der Waals surface area contributed by atoms with Gasteiger partial charge in [-0.3, -0.25) is 5.43 Å². The van der Waals surface area contributed by atoms with E-state index in [-0.39, 0.29) is 5.11 Å². The predicted octanol–water partition coefficient (Wildman–Crippen LogP) is 2.00. The summed E-state index contributed by atoms with van der Waals surface area (Å²) in [6, 6.07) is 2.34. The van der Waals surface area contributed by atoms with Crippen LogP contribution in [0.25, 0.3) is 0 Å². The molecule has 2 rings (SSSR count). The maximum Gasteiger partial charge on any atom is 0.184 e. The predicted molar refractivity (Wildman–Crippen MR) is 68.2 cm³/mol. The molecule has 0 unspecified atom stereocenters. The van der Waals surface area contributed by atoms with E-state index in [2.05, 4.69) is 22.7 Å². The summed E-state index contributed by atoms with van der Waals surface area (Å²) in [6.07, 6.45) is 0.651. The van der Waals surface area contributed by atoms with E-state index in [1.807, 2.05) is 0 Å². The number of hydrazone groups is 1. The van der Waals surface area contributed by atoms with E-state index in [4.69, 9.17) is 5.73 Å². The number of thiocarbonyl (C=S) groups is 1. The second kappa shape index (κ2) is 4.97. The number of rotatable bonds is 1. The molecule has 0 amide bonds. The summed E-state index contributed by atoms with van der Waals surface area (Å²) < 4.78 is 26.2. The molecule has 90 valence electrons. The molecule has 0 bridgehead atoms. The van der Waals surface area contributed by atoms with E-state index in [0.29, 0.717) is 22.6 Å². The van der Waals surface area contributed by atoms with Crippen molar-refractivity contribution < 1.29 is 8.78 Å². The highest BCUT2D eigenvalue weighted by molar-refractivity contribution is 7.99. The third kappa shape index (κ3) is 2.73. The molecule has 17 heavy (non-hydrogen) atoms. The van der Waals surface area contributed by atoms with Crippen LogP contribution >= 0.6 is 24.0 Å². The van der Waals surface area contributed by atoms with Gasteiger partial charge in [-0.05, 0) is 24.4 Å². The summed E-state index contributed by atoms with van der Waals surface area (Å²) >= 11 is 6.10. The van der Waals surface area contributed by atoms with Crippen molar-refractivity contribution >= 4 is 34.8 Å². The number of fused-ring (bicyclic) bond motifs is 1. The Kier molecular flexibility index (Phi) is 3.58. The van der Waals surface area contributed by atoms with Gasteiger partial charge in [-0.15, -0.1) is 11.8 Å². The molecule has 1 aromatic carbocycles. The lowest BCUT2D eigenvalue weighted by molar-refractivity contribution is 0.505. The molecule has 1 aromatic rings. The van der Waals surface area contributed by atoms with Gasteiger partial charge < -0.3 is 5.73 Å². The Balaban J connectivity index is 2.40. The average Bonchev–Trinajstić information content (AvgIpc) is 2.28. The number of hydrogen-bond donors (Lipinski definition) is 2. The van der Waals surface area contributed by atoms with Crippen molar-refractivity contribution in [2.24, 2.45) is 10.8 Å². The molecule has 0 saturated carbocycles. The summed E-state index contributed by atoms with van der Waals surface area (Å²) in [7, 11) is 0. The molecule has 7 heteroatoms. The Hall–Kier alpha value is -1.21. The van der Waals surface area contributed by atoms with Gasteiger partial charge in [0.15, 0.2) is 16.7 Å². The molecule has 3 N–H and O–H groups in total. The molecule has 0 fully saturated rings. The first-order valence-corrected chi connectivity index (χ1v) is 6.21. The number of halogens is 2. The van der Waals surface area contributed by atoms with Gasteiger partial charge in [0.2, 0.25) is 0 Å². The summed E-state index contributed by atoms with van der Waals surface area (Å²) in [4.78, 5) is 0.679. The highest BCUT2D eigenvalue weighted by Gasteiger charge is 2.19. The normalized spacial score (nSPS) is 16.7. The molecule has 0 atom stereocenters. The van der Waals surface area contributed by atoms with Crippen LogP contribution in [0.3, 0.4) is 0 Å². The Morgan fingerprint density at radius 3 is 2.82 bits per heavy atom. The van der Waals surface area contributed by atoms with E-state index in [9.17, 15) is 8.78 Å². The third-order valence-electron chi connectivity index (χ3n) is 2.23. The van der Waals surface area contributed by atoms with Gasteiger partial charge in [-0.2, -0.15) is 5.10 Å². The topological polar surface area (TPSA) is 50.4 Å². The van der Waals surface area contributed by atoms with Crippen LogP contribution in [0.5, 0.6) is 0 Å². The fraction of sp³-hybridized carbons (Fsp3) is 0.200. The van der Waals surface area contributed by atoms with Crippen LogP contribution < -0.4 is 11.2 Å². The van der Waals surface area contributed by atoms with Crippen LogP contribution in [0.15, 0.2) is 22.1 Å². The second-order valence-electron chi connectivity index (χ2n) is 3.40. The van der Waals surface area contributed by atoms with Crippen molar-refractivity contribution in [1.29, 1.82) is 0 Å². The molecule has 0 aliphatic carbocycles. The van der Waals surface area contributed by atoms with E-state index in [0.717, 1.165) is 11.8 Å². The van der Waals surface area contributed by atoms with Crippen LogP contribution in [-0.2, 0) is 0 Å². The molecule has 0 spiro atoms. The Morgan fingerprint density at radius 2 is 2.12 bits per heavy atom. The molecular weight excluding hydrogens is 264 g/mol. The number of thioether (sulfide) groups is 1. The Labute approximate surface area is 106 Å². The first-order chi connectivity index (χ1) is 8.08. The molecule has 3 nitrogen and oxygen atoms in total. The van der Waals surface area contributed by atoms with Crippen molar-refractivity contribution in [3.05, 3.63) is 29.3 Å². The lowest BCUT2D eigenvalue weighted by Gasteiger charge is -2.17. The van der Waals surface area contributed by atoms with Crippen LogP contribution in [0, 0.1) is 11.6 Å². The zero-order chi connectivity index (χ0) is 12.4. The van der Waals surface area contributed by atoms with Crippen molar-refractivity contribution in [1.82, 2.24) is 5.43 Å². The third-order valence-corrected chi connectivity index (χ3v) is 3.38. The number of benzene rings is 1. The monoisotopic (exact) mass is 273 g/mol.